The molecule has 1 aromatic carbocycles. The zero-order chi connectivity index (χ0) is 16.9. The van der Waals surface area contributed by atoms with Gasteiger partial charge in [-0.25, -0.2) is 8.42 Å². The molecule has 0 spiro atoms. The summed E-state index contributed by atoms with van der Waals surface area (Å²) in [4.78, 5) is 11.9. The van der Waals surface area contributed by atoms with E-state index in [9.17, 15) is 18.3 Å². The fourth-order valence-corrected chi connectivity index (χ4v) is 6.52. The Bertz CT molecular complexity index is 775. The van der Waals surface area contributed by atoms with E-state index in [2.05, 4.69) is 0 Å². The average molecular weight is 351 g/mol. The summed E-state index contributed by atoms with van der Waals surface area (Å²) in [5.41, 5.74) is 0.877. The molecule has 3 unspecified atom stereocenters. The lowest BCUT2D eigenvalue weighted by atomic mass is 9.85. The number of fused-ring (bicyclic) bond motifs is 2. The third kappa shape index (κ3) is 2.33. The minimum atomic E-state index is -3.90. The van der Waals surface area contributed by atoms with Gasteiger partial charge in [0.2, 0.25) is 10.0 Å². The summed E-state index contributed by atoms with van der Waals surface area (Å²) < 4.78 is 33.5. The van der Waals surface area contributed by atoms with Crippen LogP contribution in [0.5, 0.6) is 5.75 Å². The number of sulfonamides is 1. The van der Waals surface area contributed by atoms with Crippen LogP contribution in [0.2, 0.25) is 0 Å². The number of ether oxygens (including phenoxy) is 1. The molecular weight excluding hydrogens is 330 g/mol. The van der Waals surface area contributed by atoms with Gasteiger partial charge < -0.3 is 9.84 Å². The predicted octanol–water partition coefficient (Wildman–Crippen LogP) is 2.03. The molecule has 3 aliphatic rings. The van der Waals surface area contributed by atoms with Crippen LogP contribution in [-0.2, 0) is 21.2 Å². The second-order valence-corrected chi connectivity index (χ2v) is 8.69. The van der Waals surface area contributed by atoms with E-state index in [0.717, 1.165) is 31.2 Å². The molecule has 2 fully saturated rings. The van der Waals surface area contributed by atoms with Gasteiger partial charge in [0.15, 0.2) is 0 Å². The second-order valence-electron chi connectivity index (χ2n) is 6.88. The van der Waals surface area contributed by atoms with E-state index in [1.54, 1.807) is 6.07 Å². The maximum Gasteiger partial charge on any atom is 0.322 e. The lowest BCUT2D eigenvalue weighted by Gasteiger charge is -2.32. The molecule has 0 radical (unpaired) electrons. The second kappa shape index (κ2) is 5.74. The van der Waals surface area contributed by atoms with Gasteiger partial charge in [-0.2, -0.15) is 4.31 Å². The van der Waals surface area contributed by atoms with Crippen molar-refractivity contribution in [2.24, 2.45) is 5.92 Å². The molecule has 3 atom stereocenters. The Kier molecular flexibility index (Phi) is 3.80. The lowest BCUT2D eigenvalue weighted by Crippen LogP contribution is -2.46. The van der Waals surface area contributed by atoms with Gasteiger partial charge in [-0.3, -0.25) is 4.79 Å². The maximum absolute atomic E-state index is 13.3. The van der Waals surface area contributed by atoms with Crippen LogP contribution in [0.4, 0.5) is 0 Å². The average Bonchev–Trinajstić information content (AvgIpc) is 3.18. The number of hydrogen-bond donors (Lipinski definition) is 1. The van der Waals surface area contributed by atoms with Gasteiger partial charge in [0.05, 0.1) is 6.61 Å². The van der Waals surface area contributed by atoms with E-state index in [4.69, 9.17) is 4.74 Å². The SMILES string of the molecule is O=C(O)C1CC2CCCCC2N1S(=O)(=O)c1cccc2c1OCC2. The molecule has 24 heavy (non-hydrogen) atoms. The number of carboxylic acid groups (broad SMARTS) is 1. The third-order valence-corrected chi connectivity index (χ3v) is 7.51. The van der Waals surface area contributed by atoms with Crippen molar-refractivity contribution in [2.75, 3.05) is 6.61 Å². The molecule has 7 heteroatoms. The van der Waals surface area contributed by atoms with Crippen molar-refractivity contribution in [2.45, 2.75) is 55.5 Å². The number of aliphatic carboxylic acids is 1. The van der Waals surface area contributed by atoms with Crippen LogP contribution in [0, 0.1) is 5.92 Å². The van der Waals surface area contributed by atoms with Crippen LogP contribution < -0.4 is 4.74 Å². The smallest absolute Gasteiger partial charge is 0.322 e. The van der Waals surface area contributed by atoms with Crippen LogP contribution in [0.25, 0.3) is 0 Å². The van der Waals surface area contributed by atoms with E-state index < -0.39 is 22.0 Å². The minimum Gasteiger partial charge on any atom is -0.492 e. The summed E-state index contributed by atoms with van der Waals surface area (Å²) in [6, 6.07) is 3.94. The minimum absolute atomic E-state index is 0.120. The summed E-state index contributed by atoms with van der Waals surface area (Å²) in [7, 11) is -3.90. The largest absolute Gasteiger partial charge is 0.492 e. The van der Waals surface area contributed by atoms with E-state index in [0.29, 0.717) is 25.2 Å². The number of nitrogens with zero attached hydrogens (tertiary/aromatic N) is 1. The third-order valence-electron chi connectivity index (χ3n) is 5.55. The quantitative estimate of drug-likeness (QED) is 0.901. The fourth-order valence-electron chi connectivity index (χ4n) is 4.48. The first-order chi connectivity index (χ1) is 11.5. The molecule has 2 aliphatic heterocycles. The number of rotatable bonds is 3. The summed E-state index contributed by atoms with van der Waals surface area (Å²) in [5.74, 6) is -0.505. The van der Waals surface area contributed by atoms with Gasteiger partial charge in [-0.05, 0) is 36.8 Å². The molecule has 1 saturated carbocycles. The van der Waals surface area contributed by atoms with Crippen LogP contribution in [-0.4, -0.2) is 42.5 Å². The summed E-state index contributed by atoms with van der Waals surface area (Å²) in [5, 5.41) is 9.60. The van der Waals surface area contributed by atoms with Gasteiger partial charge in [-0.15, -0.1) is 0 Å². The molecule has 130 valence electrons. The van der Waals surface area contributed by atoms with Crippen molar-refractivity contribution < 1.29 is 23.1 Å². The number of hydrogen-bond acceptors (Lipinski definition) is 4. The number of para-hydroxylation sites is 1. The molecule has 0 bridgehead atoms. The normalized spacial score (nSPS) is 29.8. The molecule has 1 aliphatic carbocycles. The molecule has 0 amide bonds. The standard InChI is InChI=1S/C17H21NO5S/c19-17(20)14-10-12-4-1-2-6-13(12)18(14)24(21,22)15-7-3-5-11-8-9-23-16(11)15/h3,5,7,12-14H,1-2,4,6,8-10H2,(H,19,20). The van der Waals surface area contributed by atoms with E-state index in [-0.39, 0.29) is 16.9 Å². The van der Waals surface area contributed by atoms with Gasteiger partial charge in [-0.1, -0.05) is 25.0 Å². The van der Waals surface area contributed by atoms with Crippen molar-refractivity contribution >= 4 is 16.0 Å². The van der Waals surface area contributed by atoms with E-state index >= 15 is 0 Å². The number of carboxylic acids is 1. The molecule has 2 heterocycles. The van der Waals surface area contributed by atoms with Gasteiger partial charge in [0.1, 0.15) is 16.7 Å². The van der Waals surface area contributed by atoms with E-state index in [1.807, 2.05) is 6.07 Å². The van der Waals surface area contributed by atoms with Crippen molar-refractivity contribution in [1.29, 1.82) is 0 Å². The first kappa shape index (κ1) is 15.9. The Hall–Kier alpha value is -1.60. The number of benzene rings is 1. The zero-order valence-electron chi connectivity index (χ0n) is 13.3. The summed E-state index contributed by atoms with van der Waals surface area (Å²) in [6.45, 7) is 0.469. The zero-order valence-corrected chi connectivity index (χ0v) is 14.2. The van der Waals surface area contributed by atoms with Gasteiger partial charge in [0.25, 0.3) is 0 Å². The van der Waals surface area contributed by atoms with Crippen LogP contribution in [0.3, 0.4) is 0 Å². The van der Waals surface area contributed by atoms with Gasteiger partial charge >= 0.3 is 5.97 Å². The molecule has 6 nitrogen and oxygen atoms in total. The molecule has 1 aromatic rings. The Morgan fingerprint density at radius 3 is 2.83 bits per heavy atom. The maximum atomic E-state index is 13.3. The summed E-state index contributed by atoms with van der Waals surface area (Å²) in [6.07, 6.45) is 4.74. The molecule has 1 saturated heterocycles. The van der Waals surface area contributed by atoms with Crippen LogP contribution in [0.1, 0.15) is 37.7 Å². The predicted molar refractivity (Wildman–Crippen MR) is 86.5 cm³/mol. The lowest BCUT2D eigenvalue weighted by molar-refractivity contribution is -0.141. The number of carbonyl (C=O) groups is 1. The highest BCUT2D eigenvalue weighted by Crippen LogP contribution is 2.44. The van der Waals surface area contributed by atoms with E-state index in [1.165, 1.54) is 10.4 Å². The highest BCUT2D eigenvalue weighted by atomic mass is 32.2. The molecular formula is C17H21NO5S. The Morgan fingerprint density at radius 1 is 1.25 bits per heavy atom. The fraction of sp³-hybridized carbons (Fsp3) is 0.588. The Balaban J connectivity index is 1.80. The van der Waals surface area contributed by atoms with Crippen molar-refractivity contribution in [1.82, 2.24) is 4.31 Å². The first-order valence-corrected chi connectivity index (χ1v) is 9.95. The van der Waals surface area contributed by atoms with Crippen LogP contribution in [0.15, 0.2) is 23.1 Å². The highest BCUT2D eigenvalue weighted by molar-refractivity contribution is 7.89. The van der Waals surface area contributed by atoms with Crippen molar-refractivity contribution in [3.63, 3.8) is 0 Å². The van der Waals surface area contributed by atoms with Crippen LogP contribution >= 0.6 is 0 Å². The van der Waals surface area contributed by atoms with Gasteiger partial charge in [0, 0.05) is 12.5 Å². The first-order valence-electron chi connectivity index (χ1n) is 8.51. The highest BCUT2D eigenvalue weighted by Gasteiger charge is 2.51. The van der Waals surface area contributed by atoms with Crippen molar-refractivity contribution in [3.8, 4) is 5.75 Å². The Morgan fingerprint density at radius 2 is 2.04 bits per heavy atom. The molecule has 4 rings (SSSR count). The topological polar surface area (TPSA) is 83.9 Å². The summed E-state index contributed by atoms with van der Waals surface area (Å²) >= 11 is 0. The van der Waals surface area contributed by atoms with Crippen molar-refractivity contribution in [3.05, 3.63) is 23.8 Å². The monoisotopic (exact) mass is 351 g/mol. The Labute approximate surface area is 141 Å². The molecule has 0 aromatic heterocycles. The molecule has 1 N–H and O–H groups in total.